The first kappa shape index (κ1) is 57.8. The van der Waals surface area contributed by atoms with Gasteiger partial charge < -0.3 is 0 Å². The van der Waals surface area contributed by atoms with Crippen LogP contribution in [0, 0.1) is 13.8 Å². The van der Waals surface area contributed by atoms with Crippen LogP contribution in [-0.2, 0) is 75.0 Å². The Morgan fingerprint density at radius 2 is 0.586 bits per heavy atom. The zero-order valence-electron chi connectivity index (χ0n) is 26.9. The van der Waals surface area contributed by atoms with E-state index in [0.29, 0.717) is 0 Å². The average Bonchev–Trinajstić information content (AvgIpc) is 3.42. The topological polar surface area (TPSA) is 205 Å². The van der Waals surface area contributed by atoms with E-state index in [-0.39, 0.29) is 0 Å². The number of aryl methyl sites for hydroxylation is 2. The maximum absolute atomic E-state index is 12.1. The van der Waals surface area contributed by atoms with Gasteiger partial charge in [0.15, 0.2) is 0 Å². The Hall–Kier alpha value is -2.34. The molecule has 1 aromatic rings. The van der Waals surface area contributed by atoms with E-state index in [1.54, 1.807) is 0 Å². The van der Waals surface area contributed by atoms with Crippen molar-refractivity contribution in [3.63, 3.8) is 0 Å². The molecule has 0 spiro atoms. The zero-order valence-corrected chi connectivity index (χ0v) is 32.9. The van der Waals surface area contributed by atoms with Gasteiger partial charge in [-0.05, 0) is 13.8 Å². The summed E-state index contributed by atoms with van der Waals surface area (Å²) >= 11 is 3.74. The van der Waals surface area contributed by atoms with Crippen LogP contribution in [0.1, 0.15) is 17.5 Å². The van der Waals surface area contributed by atoms with Crippen molar-refractivity contribution in [1.82, 2.24) is 0 Å². The molecule has 0 bridgehead atoms. The first-order valence-corrected chi connectivity index (χ1v) is 22.6. The van der Waals surface area contributed by atoms with E-state index in [4.69, 9.17) is 0 Å². The molecule has 0 saturated heterocycles. The molecule has 0 atom stereocenters. The van der Waals surface area contributed by atoms with E-state index >= 15 is 0 Å². The predicted octanol–water partition coefficient (Wildman–Crippen LogP) is 5.83. The second kappa shape index (κ2) is 18.3. The fourth-order valence-electron chi connectivity index (χ4n) is 2.71. The van der Waals surface area contributed by atoms with Crippen molar-refractivity contribution in [1.29, 1.82) is 0 Å². The Kier molecular flexibility index (Phi) is 18.3. The predicted molar refractivity (Wildman–Crippen MR) is 155 cm³/mol. The number of rotatable bonds is 6. The van der Waals surface area contributed by atoms with E-state index < -0.39 is 99.9 Å². The van der Waals surface area contributed by atoms with Crippen LogP contribution >= 0.6 is 0 Å². The molecule has 0 N–H and O–H groups in total. The first-order valence-electron chi connectivity index (χ1n) is 12.8. The molecule has 0 saturated carbocycles. The first-order chi connectivity index (χ1) is 24.9. The average molecular weight is 1050 g/mol. The Labute approximate surface area is 322 Å². The molecule has 0 aromatic heterocycles. The van der Waals surface area contributed by atoms with Crippen molar-refractivity contribution in [2.45, 2.75) is 61.1 Å². The summed E-state index contributed by atoms with van der Waals surface area (Å²) in [5.74, 6) is 0. The van der Waals surface area contributed by atoms with Crippen LogP contribution in [0.25, 0.3) is 0 Å². The van der Waals surface area contributed by atoms with Crippen LogP contribution in [-0.4, -0.2) is 91.4 Å². The molecule has 1 aliphatic rings. The molecule has 1 aromatic carbocycles. The Bertz CT molecular complexity index is 1970. The standard InChI is InChI=1S/C8H10.C5H5.2C4HF9O6S3.Fe/c1-7-3-5-8(2)6-4-7;1-2-4-5-3-1;2*5-2(6,7)20(14,15)1(21(16,17)3(8,9)10)22(18,19)4(11,12)13;/h3-6H,1-2H3;1-3H,4H2;2*1H;. The second-order valence-electron chi connectivity index (χ2n) is 9.91. The van der Waals surface area contributed by atoms with Gasteiger partial charge in [-0.25, -0.2) is 50.5 Å². The number of hydrogen-bond donors (Lipinski definition) is 0. The van der Waals surface area contributed by atoms with Crippen LogP contribution in [0.15, 0.2) is 47.0 Å². The normalized spacial score (nSPS) is 15.4. The fraction of sp³-hybridized carbons (Fsp3) is 0.524. The molecule has 1 aliphatic carbocycles. The maximum atomic E-state index is 12.1. The van der Waals surface area contributed by atoms with Gasteiger partial charge >= 0.3 is 78.2 Å². The van der Waals surface area contributed by atoms with Gasteiger partial charge in [0.25, 0.3) is 66.9 Å². The number of allylic oxidation sites excluding steroid dienone is 4. The van der Waals surface area contributed by atoms with Crippen molar-refractivity contribution in [2.24, 2.45) is 0 Å². The van der Waals surface area contributed by atoms with Gasteiger partial charge in [0.1, 0.15) is 0 Å². The summed E-state index contributed by atoms with van der Waals surface area (Å²) in [6.07, 6.45) is 7.21. The van der Waals surface area contributed by atoms with Crippen LogP contribution in [0.3, 0.4) is 0 Å². The van der Waals surface area contributed by atoms with Crippen LogP contribution in [0.5, 0.6) is 0 Å². The molecule has 0 heterocycles. The number of sulfone groups is 6. The van der Waals surface area contributed by atoms with Gasteiger partial charge in [-0.1, -0.05) is 35.4 Å². The van der Waals surface area contributed by atoms with E-state index in [1.807, 2.05) is 12.2 Å². The van der Waals surface area contributed by atoms with Gasteiger partial charge in [0.2, 0.25) is 0 Å². The summed E-state index contributed by atoms with van der Waals surface area (Å²) in [4.78, 5) is 0. The monoisotopic (exact) mass is 1050 g/mol. The Morgan fingerprint density at radius 1 is 0.414 bits per heavy atom. The quantitative estimate of drug-likeness (QED) is 0.244. The molecule has 2 rings (SSSR count). The Morgan fingerprint density at radius 3 is 0.672 bits per heavy atom. The summed E-state index contributed by atoms with van der Waals surface area (Å²) in [6.45, 7) is 4.19. The molecule has 0 unspecified atom stereocenters. The summed E-state index contributed by atoms with van der Waals surface area (Å²) in [6, 6.07) is 8.48. The summed E-state index contributed by atoms with van der Waals surface area (Å²) in [5.41, 5.74) is -39.5. The fourth-order valence-corrected chi connectivity index (χ4v) is 16.2. The van der Waals surface area contributed by atoms with Gasteiger partial charge in [0.05, 0.1) is 0 Å². The Balaban J connectivity index is 0. The van der Waals surface area contributed by atoms with Gasteiger partial charge in [-0.15, -0.1) is 0 Å². The van der Waals surface area contributed by atoms with Crippen molar-refractivity contribution in [3.8, 4) is 0 Å². The van der Waals surface area contributed by atoms with Crippen molar-refractivity contribution in [3.05, 3.63) is 58.1 Å². The minimum absolute atomic E-state index is 1.06. The molecule has 37 heteroatoms. The minimum atomic E-state index is -7.94. The number of alkyl halides is 18. The summed E-state index contributed by atoms with van der Waals surface area (Å²) in [5, 5.41) is 0. The van der Waals surface area contributed by atoms with Gasteiger partial charge in [0, 0.05) is 0 Å². The van der Waals surface area contributed by atoms with Gasteiger partial charge in [-0.2, -0.15) is 79.0 Å². The SMILES string of the molecule is Cc1ccc(C)cc1.O=S(=O)(C(S(=O)(=O)C(F)(F)F)S(=O)(=O)C(F)(F)F)C(F)(F)F.O=S(=O)(C(S(=O)(=O)C(F)(F)F)S(=O)(=O)C(F)(F)F)C(F)(F)F.[Fe][C]1=CC=CC1. The van der Waals surface area contributed by atoms with E-state index in [0.717, 1.165) is 6.42 Å². The molecular weight excluding hydrogens is 1030 g/mol. The number of halogens is 18. The van der Waals surface area contributed by atoms with Crippen LogP contribution in [0.4, 0.5) is 79.0 Å². The summed E-state index contributed by atoms with van der Waals surface area (Å²) < 4.78 is 335. The van der Waals surface area contributed by atoms with Crippen molar-refractivity contribution >= 4 is 59.0 Å². The van der Waals surface area contributed by atoms with Gasteiger partial charge in [-0.3, -0.25) is 0 Å². The van der Waals surface area contributed by atoms with Crippen molar-refractivity contribution < 1.29 is 146 Å². The second-order valence-corrected chi connectivity index (χ2v) is 24.6. The van der Waals surface area contributed by atoms with E-state index in [9.17, 15) is 130 Å². The zero-order chi connectivity index (χ0) is 47.5. The molecule has 58 heavy (non-hydrogen) atoms. The van der Waals surface area contributed by atoms with Crippen molar-refractivity contribution in [2.75, 3.05) is 0 Å². The van der Waals surface area contributed by atoms with Crippen LogP contribution in [0.2, 0.25) is 0 Å². The third-order valence-electron chi connectivity index (χ3n) is 5.39. The summed E-state index contributed by atoms with van der Waals surface area (Å²) in [7, 11) is -47.6. The molecular formula is C21H17F18FeO12S6. The molecule has 0 amide bonds. The van der Waals surface area contributed by atoms with Crippen LogP contribution < -0.4 is 0 Å². The van der Waals surface area contributed by atoms with E-state index in [2.05, 4.69) is 60.2 Å². The third-order valence-corrected chi connectivity index (χ3v) is 21.8. The molecule has 343 valence electrons. The molecule has 0 radical (unpaired) electrons. The number of hydrogen-bond acceptors (Lipinski definition) is 12. The molecule has 0 fully saturated rings. The number of benzene rings is 1. The molecule has 12 nitrogen and oxygen atoms in total. The van der Waals surface area contributed by atoms with E-state index in [1.165, 1.54) is 15.6 Å². The third kappa shape index (κ3) is 13.6. The molecule has 0 aliphatic heterocycles.